The standard InChI is InChI=1S/C38H41F5N4O3S/c1-36(2)13-6-14-37(3,23-8-5-7-22(17-23)18-28(34(48)49)38(41,42)43)35(44)47-33(45-4)27-19-24(9-10-29(27)39)50-32-26(12-16-51-21-36)25-11-15-46-31(25)20-30(32)40/h5,7-11,15,17,19-20,28,46H,6,12-14,16,18,21H2,1-4H3,(H,48,49)(H2,44,45,47). The van der Waals surface area contributed by atoms with Crippen molar-refractivity contribution in [3.8, 4) is 11.5 Å². The van der Waals surface area contributed by atoms with Gasteiger partial charge >= 0.3 is 12.1 Å². The average molecular weight is 729 g/mol. The van der Waals surface area contributed by atoms with Crippen molar-refractivity contribution in [3.63, 3.8) is 0 Å². The van der Waals surface area contributed by atoms with Gasteiger partial charge in [0.05, 0.1) is 11.0 Å². The number of alkyl halides is 3. The predicted molar refractivity (Wildman–Crippen MR) is 191 cm³/mol. The van der Waals surface area contributed by atoms with E-state index in [2.05, 4.69) is 29.1 Å². The van der Waals surface area contributed by atoms with E-state index in [0.29, 0.717) is 41.7 Å². The summed E-state index contributed by atoms with van der Waals surface area (Å²) >= 11 is 1.73. The van der Waals surface area contributed by atoms with Crippen LogP contribution in [-0.4, -0.2) is 52.5 Å². The molecule has 0 saturated heterocycles. The third-order valence-corrected chi connectivity index (χ3v) is 11.0. The van der Waals surface area contributed by atoms with Gasteiger partial charge in [-0.25, -0.2) is 13.8 Å². The molecule has 3 aromatic carbocycles. The van der Waals surface area contributed by atoms with E-state index in [1.165, 1.54) is 43.4 Å². The molecule has 4 N–H and O–H groups in total. The van der Waals surface area contributed by atoms with Crippen LogP contribution in [0.2, 0.25) is 0 Å². The Morgan fingerprint density at radius 1 is 1.10 bits per heavy atom. The number of benzene rings is 3. The number of nitrogens with zero attached hydrogens (tertiary/aromatic N) is 1. The van der Waals surface area contributed by atoms with Crippen molar-refractivity contribution >= 4 is 40.3 Å². The van der Waals surface area contributed by atoms with Gasteiger partial charge in [0.1, 0.15) is 23.2 Å². The highest BCUT2D eigenvalue weighted by Gasteiger charge is 2.45. The van der Waals surface area contributed by atoms with Crippen LogP contribution in [0, 0.1) is 28.4 Å². The maximum atomic E-state index is 15.6. The van der Waals surface area contributed by atoms with Crippen molar-refractivity contribution in [2.45, 2.75) is 64.5 Å². The zero-order valence-corrected chi connectivity index (χ0v) is 29.6. The van der Waals surface area contributed by atoms with Crippen LogP contribution in [0.1, 0.15) is 62.3 Å². The van der Waals surface area contributed by atoms with E-state index >= 15 is 8.78 Å². The topological polar surface area (TPSA) is 111 Å². The number of aliphatic imine (C=N–C) groups is 1. The maximum Gasteiger partial charge on any atom is 0.402 e. The van der Waals surface area contributed by atoms with E-state index in [1.54, 1.807) is 37.0 Å². The molecular formula is C38H41F5N4O3S. The number of hydrogen-bond acceptors (Lipinski definition) is 5. The zero-order chi connectivity index (χ0) is 37.1. The first-order valence-corrected chi connectivity index (χ1v) is 17.8. The van der Waals surface area contributed by atoms with Gasteiger partial charge in [-0.1, -0.05) is 44.5 Å². The molecule has 13 heteroatoms. The van der Waals surface area contributed by atoms with E-state index in [0.717, 1.165) is 17.6 Å². The molecule has 2 bridgehead atoms. The molecule has 1 aliphatic heterocycles. The molecule has 2 atom stereocenters. The molecule has 0 aliphatic carbocycles. The average Bonchev–Trinajstić information content (AvgIpc) is 3.53. The number of aromatic nitrogens is 1. The Labute approximate surface area is 297 Å². The number of fused-ring (bicyclic) bond motifs is 5. The molecule has 1 aromatic heterocycles. The summed E-state index contributed by atoms with van der Waals surface area (Å²) in [7, 11) is 1.52. The fourth-order valence-corrected chi connectivity index (χ4v) is 7.66. The van der Waals surface area contributed by atoms with E-state index in [-0.39, 0.29) is 39.7 Å². The number of aliphatic carboxylic acids is 1. The number of carbonyl (C=O) groups is 1. The van der Waals surface area contributed by atoms with E-state index in [1.807, 2.05) is 6.07 Å². The Morgan fingerprint density at radius 3 is 2.57 bits per heavy atom. The van der Waals surface area contributed by atoms with Gasteiger partial charge in [0.25, 0.3) is 0 Å². The molecule has 2 heterocycles. The van der Waals surface area contributed by atoms with Gasteiger partial charge < -0.3 is 20.1 Å². The number of ether oxygens (including phenoxy) is 1. The van der Waals surface area contributed by atoms with Crippen LogP contribution in [0.5, 0.6) is 11.5 Å². The summed E-state index contributed by atoms with van der Waals surface area (Å²) in [5.74, 6) is -4.33. The highest BCUT2D eigenvalue weighted by atomic mass is 32.2. The molecule has 2 unspecified atom stereocenters. The van der Waals surface area contributed by atoms with Crippen LogP contribution in [0.25, 0.3) is 10.9 Å². The molecule has 4 aromatic rings. The molecular weight excluding hydrogens is 687 g/mol. The minimum absolute atomic E-state index is 0.00651. The van der Waals surface area contributed by atoms with Gasteiger partial charge in [0, 0.05) is 35.8 Å². The van der Waals surface area contributed by atoms with Gasteiger partial charge in [0.15, 0.2) is 17.5 Å². The second kappa shape index (κ2) is 15.1. The predicted octanol–water partition coefficient (Wildman–Crippen LogP) is 9.43. The molecule has 7 nitrogen and oxygen atoms in total. The molecule has 0 amide bonds. The summed E-state index contributed by atoms with van der Waals surface area (Å²) in [6.07, 6.45) is -1.71. The summed E-state index contributed by atoms with van der Waals surface area (Å²) in [5, 5.41) is 22.3. The minimum atomic E-state index is -4.95. The smallest absolute Gasteiger partial charge is 0.402 e. The number of halogens is 5. The number of aromatic amines is 1. The third-order valence-electron chi connectivity index (χ3n) is 9.48. The molecule has 272 valence electrons. The lowest BCUT2D eigenvalue weighted by Gasteiger charge is -2.32. The van der Waals surface area contributed by atoms with Crippen molar-refractivity contribution in [3.05, 3.63) is 94.7 Å². The van der Waals surface area contributed by atoms with Crippen molar-refractivity contribution < 1.29 is 36.6 Å². The number of H-pyrrole nitrogens is 1. The molecule has 0 spiro atoms. The summed E-state index contributed by atoms with van der Waals surface area (Å²) in [6.45, 7) is 6.04. The van der Waals surface area contributed by atoms with Crippen LogP contribution in [-0.2, 0) is 23.1 Å². The number of hydrogen-bond donors (Lipinski definition) is 4. The van der Waals surface area contributed by atoms with Crippen molar-refractivity contribution in [1.29, 1.82) is 5.41 Å². The van der Waals surface area contributed by atoms with E-state index in [4.69, 9.17) is 4.74 Å². The Morgan fingerprint density at radius 2 is 1.86 bits per heavy atom. The lowest BCUT2D eigenvalue weighted by molar-refractivity contribution is -0.193. The first kappa shape index (κ1) is 37.9. The van der Waals surface area contributed by atoms with Crippen LogP contribution < -0.4 is 10.1 Å². The third kappa shape index (κ3) is 8.57. The molecule has 51 heavy (non-hydrogen) atoms. The van der Waals surface area contributed by atoms with Crippen LogP contribution in [0.15, 0.2) is 65.8 Å². The number of nitrogens with one attached hydrogen (secondary N) is 3. The van der Waals surface area contributed by atoms with Crippen LogP contribution >= 0.6 is 11.8 Å². The van der Waals surface area contributed by atoms with Gasteiger partial charge in [-0.2, -0.15) is 24.9 Å². The Balaban J connectivity index is 1.60. The Kier molecular flexibility index (Phi) is 11.2. The number of aryl methyl sites for hydroxylation is 1. The van der Waals surface area contributed by atoms with Gasteiger partial charge in [0.2, 0.25) is 0 Å². The second-order valence-electron chi connectivity index (χ2n) is 13.9. The largest absolute Gasteiger partial charge is 0.481 e. The maximum absolute atomic E-state index is 15.6. The summed E-state index contributed by atoms with van der Waals surface area (Å²) in [4.78, 5) is 19.1. The van der Waals surface area contributed by atoms with E-state index < -0.39 is 41.5 Å². The monoisotopic (exact) mass is 728 g/mol. The molecule has 0 radical (unpaired) electrons. The summed E-state index contributed by atoms with van der Waals surface area (Å²) < 4.78 is 78.0. The number of amidine groups is 2. The highest BCUT2D eigenvalue weighted by molar-refractivity contribution is 7.99. The Bertz CT molecular complexity index is 1960. The minimum Gasteiger partial charge on any atom is -0.481 e. The molecule has 1 aliphatic rings. The lowest BCUT2D eigenvalue weighted by atomic mass is 9.74. The van der Waals surface area contributed by atoms with Crippen molar-refractivity contribution in [2.75, 3.05) is 18.6 Å². The lowest BCUT2D eigenvalue weighted by Crippen LogP contribution is -2.35. The van der Waals surface area contributed by atoms with Gasteiger partial charge in [-0.3, -0.25) is 10.2 Å². The van der Waals surface area contributed by atoms with Crippen molar-refractivity contribution in [2.24, 2.45) is 16.3 Å². The van der Waals surface area contributed by atoms with Gasteiger partial charge in [-0.15, -0.1) is 0 Å². The first-order valence-electron chi connectivity index (χ1n) is 16.6. The normalized spacial score (nSPS) is 20.6. The van der Waals surface area contributed by atoms with Crippen LogP contribution in [0.3, 0.4) is 0 Å². The fraction of sp³-hybridized carbons (Fsp3) is 0.395. The summed E-state index contributed by atoms with van der Waals surface area (Å²) in [6, 6.07) is 13.3. The van der Waals surface area contributed by atoms with E-state index in [9.17, 15) is 28.5 Å². The fourth-order valence-electron chi connectivity index (χ4n) is 6.47. The van der Waals surface area contributed by atoms with Crippen LogP contribution in [0.4, 0.5) is 22.0 Å². The molecule has 0 fully saturated rings. The second-order valence-corrected chi connectivity index (χ2v) is 15.0. The molecule has 5 rings (SSSR count). The quantitative estimate of drug-likeness (QED) is 0.157. The first-order chi connectivity index (χ1) is 24.0. The molecule has 0 saturated carbocycles. The zero-order valence-electron chi connectivity index (χ0n) is 28.8. The van der Waals surface area contributed by atoms with Gasteiger partial charge in [-0.05, 0) is 84.9 Å². The summed E-state index contributed by atoms with van der Waals surface area (Å²) in [5.41, 5.74) is 0.633. The number of thioether (sulfide) groups is 1. The number of carboxylic acids is 1. The van der Waals surface area contributed by atoms with Crippen molar-refractivity contribution in [1.82, 2.24) is 10.3 Å². The highest BCUT2D eigenvalue weighted by Crippen LogP contribution is 2.39. The number of rotatable bonds is 4. The number of carboxylic acid groups (broad SMARTS) is 1. The Hall–Kier alpha value is -4.39. The SMILES string of the molecule is CN/C1=N\C(=N)C(C)(c2cccc(CC(C(=O)O)C(F)(F)F)c2)CCCC(C)(C)CSCCc2c(c(F)cc3[nH]ccc23)Oc2ccc(F)c1c2.